The summed E-state index contributed by atoms with van der Waals surface area (Å²) in [5.74, 6) is -0.527. The smallest absolute Gasteiger partial charge is 0.213 e. The number of rotatable bonds is 1. The molecule has 0 unspecified atom stereocenters. The molecule has 0 N–H and O–H groups in total. The molecule has 2 heterocycles. The van der Waals surface area contributed by atoms with Crippen LogP contribution in [0.1, 0.15) is 12.1 Å². The van der Waals surface area contributed by atoms with Crippen molar-refractivity contribution in [2.45, 2.75) is 6.42 Å². The van der Waals surface area contributed by atoms with Gasteiger partial charge in [-0.15, -0.1) is 0 Å². The van der Waals surface area contributed by atoms with Gasteiger partial charge in [-0.3, -0.25) is 0 Å². The highest BCUT2D eigenvalue weighted by atomic mass is 19.1. The molecule has 0 fully saturated rings. The van der Waals surface area contributed by atoms with Gasteiger partial charge in [0.2, 0.25) is 5.95 Å². The highest BCUT2D eigenvalue weighted by Crippen LogP contribution is 2.20. The molecule has 0 radical (unpaired) electrons. The molecule has 1 aromatic rings. The quantitative estimate of drug-likeness (QED) is 0.654. The number of carbonyl (C=O) groups excluding carboxylic acids is 1. The minimum atomic E-state index is -1.18. The Hall–Kier alpha value is -1.91. The number of hydrogen-bond acceptors (Lipinski definition) is 3. The van der Waals surface area contributed by atoms with E-state index in [4.69, 9.17) is 0 Å². The van der Waals surface area contributed by atoms with Crippen LogP contribution < -0.4 is 5.11 Å². The Morgan fingerprint density at radius 1 is 1.50 bits per heavy atom. The van der Waals surface area contributed by atoms with Crippen molar-refractivity contribution in [3.05, 3.63) is 35.9 Å². The van der Waals surface area contributed by atoms with Crippen LogP contribution in [0.25, 0.3) is 5.57 Å². The molecule has 5 heteroatoms. The van der Waals surface area contributed by atoms with E-state index in [-0.39, 0.29) is 6.54 Å². The fourth-order valence-corrected chi connectivity index (χ4v) is 1.65. The highest BCUT2D eigenvalue weighted by molar-refractivity contribution is 5.68. The molecule has 1 aliphatic heterocycles. The third-order valence-electron chi connectivity index (χ3n) is 2.51. The molecule has 1 aliphatic rings. The zero-order valence-corrected chi connectivity index (χ0v) is 8.52. The van der Waals surface area contributed by atoms with Crippen LogP contribution in [-0.2, 0) is 0 Å². The molecule has 4 nitrogen and oxygen atoms in total. The summed E-state index contributed by atoms with van der Waals surface area (Å²) in [6.07, 6.45) is 1.09. The van der Waals surface area contributed by atoms with E-state index in [1.807, 2.05) is 0 Å². The molecular formula is C11H10FN2O2-. The molecule has 0 aromatic carbocycles. The summed E-state index contributed by atoms with van der Waals surface area (Å²) < 4.78 is 12.9. The Bertz CT molecular complexity index is 445. The first kappa shape index (κ1) is 10.6. The Kier molecular flexibility index (Phi) is 2.85. The second kappa shape index (κ2) is 4.30. The minimum absolute atomic E-state index is 0.274. The van der Waals surface area contributed by atoms with E-state index in [2.05, 4.69) is 4.98 Å². The van der Waals surface area contributed by atoms with E-state index in [1.54, 1.807) is 18.2 Å². The number of pyridine rings is 1. The number of nitrogens with zero attached hydrogens (tertiary/aromatic N) is 2. The number of amides is 1. The van der Waals surface area contributed by atoms with Crippen molar-refractivity contribution in [3.8, 4) is 0 Å². The van der Waals surface area contributed by atoms with Gasteiger partial charge in [-0.2, -0.15) is 4.39 Å². The SMILES string of the molecule is O=C([O-])N1CC=C(c2cccc(F)n2)CC1. The van der Waals surface area contributed by atoms with Gasteiger partial charge in [0.15, 0.2) is 0 Å². The predicted molar refractivity (Wildman–Crippen MR) is 53.8 cm³/mol. The van der Waals surface area contributed by atoms with Gasteiger partial charge < -0.3 is 14.8 Å². The van der Waals surface area contributed by atoms with Gasteiger partial charge in [-0.25, -0.2) is 4.98 Å². The second-order valence-corrected chi connectivity index (χ2v) is 3.54. The summed E-state index contributed by atoms with van der Waals surface area (Å²) in [5, 5.41) is 10.6. The van der Waals surface area contributed by atoms with Gasteiger partial charge >= 0.3 is 0 Å². The van der Waals surface area contributed by atoms with Crippen LogP contribution in [0.3, 0.4) is 0 Å². The van der Waals surface area contributed by atoms with Gasteiger partial charge in [0.1, 0.15) is 6.09 Å². The van der Waals surface area contributed by atoms with E-state index in [1.165, 1.54) is 11.0 Å². The molecular weight excluding hydrogens is 211 g/mol. The largest absolute Gasteiger partial charge is 0.530 e. The van der Waals surface area contributed by atoms with Crippen molar-refractivity contribution in [1.82, 2.24) is 9.88 Å². The number of hydrogen-bond donors (Lipinski definition) is 0. The van der Waals surface area contributed by atoms with Gasteiger partial charge in [0.05, 0.1) is 5.69 Å². The Morgan fingerprint density at radius 2 is 2.31 bits per heavy atom. The molecule has 0 spiro atoms. The normalized spacial score (nSPS) is 15.8. The number of carboxylic acid groups (broad SMARTS) is 1. The highest BCUT2D eigenvalue weighted by Gasteiger charge is 2.13. The minimum Gasteiger partial charge on any atom is -0.530 e. The van der Waals surface area contributed by atoms with Crippen LogP contribution in [-0.4, -0.2) is 29.1 Å². The van der Waals surface area contributed by atoms with Gasteiger partial charge in [-0.1, -0.05) is 12.1 Å². The first-order valence-corrected chi connectivity index (χ1v) is 4.95. The molecule has 0 saturated heterocycles. The lowest BCUT2D eigenvalue weighted by molar-refractivity contribution is -0.265. The zero-order chi connectivity index (χ0) is 11.5. The Balaban J connectivity index is 2.16. The Morgan fingerprint density at radius 3 is 2.88 bits per heavy atom. The first-order chi connectivity index (χ1) is 7.66. The maximum absolute atomic E-state index is 12.9. The molecule has 0 aliphatic carbocycles. The fraction of sp³-hybridized carbons (Fsp3) is 0.273. The summed E-state index contributed by atoms with van der Waals surface area (Å²) in [6, 6.07) is 4.58. The molecule has 1 amide bonds. The number of aromatic nitrogens is 1. The van der Waals surface area contributed by atoms with Gasteiger partial charge in [0.25, 0.3) is 0 Å². The first-order valence-electron chi connectivity index (χ1n) is 4.95. The second-order valence-electron chi connectivity index (χ2n) is 3.54. The summed E-state index contributed by atoms with van der Waals surface area (Å²) >= 11 is 0. The monoisotopic (exact) mass is 221 g/mol. The zero-order valence-electron chi connectivity index (χ0n) is 8.52. The van der Waals surface area contributed by atoms with E-state index in [9.17, 15) is 14.3 Å². The van der Waals surface area contributed by atoms with Gasteiger partial charge in [0, 0.05) is 13.1 Å². The van der Waals surface area contributed by atoms with Crippen molar-refractivity contribution in [2.24, 2.45) is 0 Å². The predicted octanol–water partition coefficient (Wildman–Crippen LogP) is 0.653. The summed E-state index contributed by atoms with van der Waals surface area (Å²) in [7, 11) is 0. The van der Waals surface area contributed by atoms with Crippen molar-refractivity contribution in [3.63, 3.8) is 0 Å². The van der Waals surface area contributed by atoms with E-state index < -0.39 is 12.0 Å². The molecule has 0 saturated carbocycles. The average molecular weight is 221 g/mol. The molecule has 84 valence electrons. The van der Waals surface area contributed by atoms with Crippen molar-refractivity contribution in [1.29, 1.82) is 0 Å². The lowest BCUT2D eigenvalue weighted by Crippen LogP contribution is -2.43. The number of carbonyl (C=O) groups is 1. The lowest BCUT2D eigenvalue weighted by atomic mass is 10.0. The molecule has 16 heavy (non-hydrogen) atoms. The van der Waals surface area contributed by atoms with Crippen LogP contribution in [0.4, 0.5) is 9.18 Å². The van der Waals surface area contributed by atoms with Crippen LogP contribution in [0.5, 0.6) is 0 Å². The van der Waals surface area contributed by atoms with Crippen LogP contribution >= 0.6 is 0 Å². The maximum atomic E-state index is 12.9. The fourth-order valence-electron chi connectivity index (χ4n) is 1.65. The molecule has 1 aromatic heterocycles. The topological polar surface area (TPSA) is 56.3 Å². The molecule has 0 bridgehead atoms. The lowest BCUT2D eigenvalue weighted by Gasteiger charge is -2.28. The maximum Gasteiger partial charge on any atom is 0.213 e. The third-order valence-corrected chi connectivity index (χ3v) is 2.51. The van der Waals surface area contributed by atoms with E-state index in [0.717, 1.165) is 5.57 Å². The summed E-state index contributed by atoms with van der Waals surface area (Å²) in [6.45, 7) is 0.641. The molecule has 0 atom stereocenters. The summed E-state index contributed by atoms with van der Waals surface area (Å²) in [5.41, 5.74) is 1.44. The van der Waals surface area contributed by atoms with Crippen molar-refractivity contribution >= 4 is 11.7 Å². The standard InChI is InChI=1S/C11H11FN2O2/c12-10-3-1-2-9(13-10)8-4-6-14(7-5-8)11(15)16/h1-4H,5-7H2,(H,15,16)/p-1. The van der Waals surface area contributed by atoms with Crippen molar-refractivity contribution in [2.75, 3.05) is 13.1 Å². The van der Waals surface area contributed by atoms with Crippen LogP contribution in [0, 0.1) is 5.95 Å². The summed E-state index contributed by atoms with van der Waals surface area (Å²) in [4.78, 5) is 15.5. The van der Waals surface area contributed by atoms with Crippen LogP contribution in [0.2, 0.25) is 0 Å². The van der Waals surface area contributed by atoms with Crippen LogP contribution in [0.15, 0.2) is 24.3 Å². The third kappa shape index (κ3) is 2.18. The van der Waals surface area contributed by atoms with Gasteiger partial charge in [-0.05, 0) is 24.1 Å². The van der Waals surface area contributed by atoms with E-state index >= 15 is 0 Å². The molecule has 2 rings (SSSR count). The average Bonchev–Trinajstić information content (AvgIpc) is 2.29. The van der Waals surface area contributed by atoms with Crippen molar-refractivity contribution < 1.29 is 14.3 Å². The van der Waals surface area contributed by atoms with E-state index in [0.29, 0.717) is 18.7 Å². The number of halogens is 1. The Labute approximate surface area is 92.0 Å².